The van der Waals surface area contributed by atoms with Crippen LogP contribution in [0.3, 0.4) is 0 Å². The molecule has 31 heavy (non-hydrogen) atoms. The SMILES string of the molecule is CCOc1ccc(C2/C(=C(/O)c3ccc(F)cc3)C(=O)C(=O)N2CC2CCCO2)cc1. The van der Waals surface area contributed by atoms with Crippen LogP contribution in [0.15, 0.2) is 54.1 Å². The standard InChI is InChI=1S/C24H24FNO5/c1-2-30-18-11-7-15(8-12-18)21-20(22(27)16-5-9-17(25)10-6-16)23(28)24(29)26(21)14-19-4-3-13-31-19/h5-12,19,21,27H,2-4,13-14H2,1H3/b22-20-. The van der Waals surface area contributed by atoms with Crippen molar-refractivity contribution in [1.82, 2.24) is 4.90 Å². The number of ether oxygens (including phenoxy) is 2. The van der Waals surface area contributed by atoms with Gasteiger partial charge in [-0.2, -0.15) is 0 Å². The zero-order valence-electron chi connectivity index (χ0n) is 17.2. The van der Waals surface area contributed by atoms with Crippen LogP contribution in [0.2, 0.25) is 0 Å². The zero-order valence-corrected chi connectivity index (χ0v) is 17.2. The highest BCUT2D eigenvalue weighted by Crippen LogP contribution is 2.40. The zero-order chi connectivity index (χ0) is 22.0. The van der Waals surface area contributed by atoms with Gasteiger partial charge < -0.3 is 19.5 Å². The van der Waals surface area contributed by atoms with Gasteiger partial charge in [-0.3, -0.25) is 9.59 Å². The van der Waals surface area contributed by atoms with E-state index >= 15 is 0 Å². The molecule has 0 spiro atoms. The topological polar surface area (TPSA) is 76.1 Å². The fourth-order valence-corrected chi connectivity index (χ4v) is 4.10. The number of hydrogen-bond acceptors (Lipinski definition) is 5. The normalized spacial score (nSPS) is 22.8. The summed E-state index contributed by atoms with van der Waals surface area (Å²) >= 11 is 0. The molecule has 1 amide bonds. The van der Waals surface area contributed by atoms with Gasteiger partial charge in [-0.1, -0.05) is 12.1 Å². The summed E-state index contributed by atoms with van der Waals surface area (Å²) in [5, 5.41) is 11.0. The number of halogens is 1. The first-order valence-electron chi connectivity index (χ1n) is 10.4. The quantitative estimate of drug-likeness (QED) is 0.433. The minimum atomic E-state index is -0.773. The fourth-order valence-electron chi connectivity index (χ4n) is 4.10. The van der Waals surface area contributed by atoms with Gasteiger partial charge in [-0.05, 0) is 61.7 Å². The van der Waals surface area contributed by atoms with Gasteiger partial charge in [0.2, 0.25) is 0 Å². The van der Waals surface area contributed by atoms with E-state index < -0.39 is 23.5 Å². The average Bonchev–Trinajstić information content (AvgIpc) is 3.37. The Morgan fingerprint density at radius 2 is 1.87 bits per heavy atom. The van der Waals surface area contributed by atoms with E-state index in [1.54, 1.807) is 24.3 Å². The van der Waals surface area contributed by atoms with Crippen LogP contribution in [0.1, 0.15) is 36.9 Å². The summed E-state index contributed by atoms with van der Waals surface area (Å²) in [5.41, 5.74) is 0.926. The first-order valence-corrected chi connectivity index (χ1v) is 10.4. The van der Waals surface area contributed by atoms with Crippen molar-refractivity contribution in [1.29, 1.82) is 0 Å². The van der Waals surface area contributed by atoms with Crippen molar-refractivity contribution < 1.29 is 28.6 Å². The monoisotopic (exact) mass is 425 g/mol. The molecule has 0 aromatic heterocycles. The van der Waals surface area contributed by atoms with Crippen molar-refractivity contribution >= 4 is 17.4 Å². The van der Waals surface area contributed by atoms with Crippen LogP contribution in [-0.2, 0) is 14.3 Å². The van der Waals surface area contributed by atoms with Gasteiger partial charge >= 0.3 is 0 Å². The number of carbonyl (C=O) groups is 2. The molecule has 4 rings (SSSR count). The molecule has 0 aliphatic carbocycles. The maximum Gasteiger partial charge on any atom is 0.295 e. The Hall–Kier alpha value is -3.19. The molecule has 2 aliphatic rings. The molecule has 2 atom stereocenters. The summed E-state index contributed by atoms with van der Waals surface area (Å²) < 4.78 is 24.5. The number of aliphatic hydroxyl groups is 1. The summed E-state index contributed by atoms with van der Waals surface area (Å²) in [7, 11) is 0. The Labute approximate surface area is 179 Å². The van der Waals surface area contributed by atoms with Crippen molar-refractivity contribution in [2.45, 2.75) is 31.9 Å². The van der Waals surface area contributed by atoms with Gasteiger partial charge in [0.05, 0.1) is 24.3 Å². The first kappa shape index (κ1) is 21.1. The van der Waals surface area contributed by atoms with E-state index in [0.29, 0.717) is 24.5 Å². The third-order valence-electron chi connectivity index (χ3n) is 5.59. The van der Waals surface area contributed by atoms with Gasteiger partial charge in [0, 0.05) is 18.7 Å². The lowest BCUT2D eigenvalue weighted by molar-refractivity contribution is -0.140. The second-order valence-corrected chi connectivity index (χ2v) is 7.60. The summed E-state index contributed by atoms with van der Waals surface area (Å²) in [6.45, 7) is 3.27. The Kier molecular flexibility index (Phi) is 6.04. The van der Waals surface area contributed by atoms with Crippen molar-refractivity contribution in [2.24, 2.45) is 0 Å². The summed E-state index contributed by atoms with van der Waals surface area (Å²) in [4.78, 5) is 27.4. The van der Waals surface area contributed by atoms with Crippen LogP contribution < -0.4 is 4.74 Å². The van der Waals surface area contributed by atoms with E-state index in [0.717, 1.165) is 12.8 Å². The van der Waals surface area contributed by atoms with E-state index in [1.165, 1.54) is 29.2 Å². The smallest absolute Gasteiger partial charge is 0.295 e. The van der Waals surface area contributed by atoms with Gasteiger partial charge in [-0.25, -0.2) is 4.39 Å². The molecule has 1 N–H and O–H groups in total. The van der Waals surface area contributed by atoms with Crippen LogP contribution in [0.5, 0.6) is 5.75 Å². The third-order valence-corrected chi connectivity index (χ3v) is 5.59. The third kappa shape index (κ3) is 4.18. The first-order chi connectivity index (χ1) is 15.0. The summed E-state index contributed by atoms with van der Waals surface area (Å²) in [5.74, 6) is -1.57. The molecule has 0 saturated carbocycles. The Morgan fingerprint density at radius 1 is 1.16 bits per heavy atom. The van der Waals surface area contributed by atoms with Crippen LogP contribution in [-0.4, -0.2) is 47.6 Å². The number of ketones is 1. The Morgan fingerprint density at radius 3 is 2.48 bits per heavy atom. The maximum atomic E-state index is 13.3. The van der Waals surface area contributed by atoms with Crippen molar-refractivity contribution in [3.05, 3.63) is 71.0 Å². The van der Waals surface area contributed by atoms with Crippen LogP contribution >= 0.6 is 0 Å². The molecule has 2 aliphatic heterocycles. The minimum Gasteiger partial charge on any atom is -0.507 e. The van der Waals surface area contributed by atoms with Gasteiger partial charge in [0.15, 0.2) is 0 Å². The highest BCUT2D eigenvalue weighted by Gasteiger charge is 2.47. The lowest BCUT2D eigenvalue weighted by Gasteiger charge is -2.27. The van der Waals surface area contributed by atoms with E-state index in [2.05, 4.69) is 0 Å². The number of rotatable bonds is 6. The van der Waals surface area contributed by atoms with Gasteiger partial charge in [0.1, 0.15) is 17.3 Å². The molecular weight excluding hydrogens is 401 g/mol. The molecule has 2 fully saturated rings. The van der Waals surface area contributed by atoms with Crippen LogP contribution in [0.4, 0.5) is 4.39 Å². The molecule has 2 saturated heterocycles. The number of hydrogen-bond donors (Lipinski definition) is 1. The van der Waals surface area contributed by atoms with Crippen molar-refractivity contribution in [3.63, 3.8) is 0 Å². The predicted octanol–water partition coefficient (Wildman–Crippen LogP) is 3.83. The lowest BCUT2D eigenvalue weighted by Crippen LogP contribution is -2.36. The molecule has 6 nitrogen and oxygen atoms in total. The number of likely N-dealkylation sites (tertiary alicyclic amines) is 1. The lowest BCUT2D eigenvalue weighted by atomic mass is 9.95. The summed E-state index contributed by atoms with van der Waals surface area (Å²) in [6, 6.07) is 11.5. The number of benzene rings is 2. The Bertz CT molecular complexity index is 994. The Balaban J connectivity index is 1.78. The number of nitrogens with zero attached hydrogens (tertiary/aromatic N) is 1. The number of carbonyl (C=O) groups excluding carboxylic acids is 2. The molecule has 2 heterocycles. The summed E-state index contributed by atoms with van der Waals surface area (Å²) in [6.07, 6.45) is 1.55. The molecule has 2 unspecified atom stereocenters. The molecule has 162 valence electrons. The van der Waals surface area contributed by atoms with E-state index in [1.807, 2.05) is 6.92 Å². The van der Waals surface area contributed by atoms with Crippen LogP contribution in [0, 0.1) is 5.82 Å². The number of aliphatic hydroxyl groups excluding tert-OH is 1. The maximum absolute atomic E-state index is 13.3. The second kappa shape index (κ2) is 8.89. The molecule has 0 bridgehead atoms. The fraction of sp³-hybridized carbons (Fsp3) is 0.333. The highest BCUT2D eigenvalue weighted by molar-refractivity contribution is 6.46. The predicted molar refractivity (Wildman–Crippen MR) is 112 cm³/mol. The van der Waals surface area contributed by atoms with Crippen molar-refractivity contribution in [2.75, 3.05) is 19.8 Å². The molecule has 2 aromatic rings. The number of amides is 1. The van der Waals surface area contributed by atoms with E-state index in [4.69, 9.17) is 9.47 Å². The molecular formula is C24H24FNO5. The highest BCUT2D eigenvalue weighted by atomic mass is 19.1. The van der Waals surface area contributed by atoms with E-state index in [-0.39, 0.29) is 29.5 Å². The van der Waals surface area contributed by atoms with Gasteiger partial charge in [0.25, 0.3) is 11.7 Å². The number of Topliss-reactive ketones (excluding diaryl/α,β-unsaturated/α-hetero) is 1. The molecule has 0 radical (unpaired) electrons. The van der Waals surface area contributed by atoms with Gasteiger partial charge in [-0.15, -0.1) is 0 Å². The average molecular weight is 425 g/mol. The molecule has 2 aromatic carbocycles. The van der Waals surface area contributed by atoms with Crippen LogP contribution in [0.25, 0.3) is 5.76 Å². The second-order valence-electron chi connectivity index (χ2n) is 7.60. The van der Waals surface area contributed by atoms with E-state index in [9.17, 15) is 19.1 Å². The molecule has 7 heteroatoms. The minimum absolute atomic E-state index is 0.0150. The van der Waals surface area contributed by atoms with Crippen molar-refractivity contribution in [3.8, 4) is 5.75 Å². The largest absolute Gasteiger partial charge is 0.507 e.